The van der Waals surface area contributed by atoms with Crippen molar-refractivity contribution < 1.29 is 9.53 Å². The van der Waals surface area contributed by atoms with E-state index in [1.807, 2.05) is 0 Å². The Bertz CT molecular complexity index is 113. The summed E-state index contributed by atoms with van der Waals surface area (Å²) in [4.78, 5) is 10.1. The van der Waals surface area contributed by atoms with Gasteiger partial charge in [-0.25, -0.2) is 4.79 Å². The van der Waals surface area contributed by atoms with Crippen molar-refractivity contribution >= 4 is 17.7 Å². The van der Waals surface area contributed by atoms with Gasteiger partial charge in [0.25, 0.3) is 0 Å². The predicted molar refractivity (Wildman–Crippen MR) is 30.5 cm³/mol. The molecule has 1 N–H and O–H groups in total. The molecule has 3 nitrogen and oxygen atoms in total. The largest absolute Gasteiger partial charge is 0.413 e. The fraction of sp³-hybridized carbons (Fsp3) is 0.250. The van der Waals surface area contributed by atoms with E-state index in [1.54, 1.807) is 0 Å². The number of carbonyl (C=O) groups excluding carboxylic acids is 1. The molecule has 0 aliphatic rings. The van der Waals surface area contributed by atoms with Crippen LogP contribution in [0.3, 0.4) is 0 Å². The summed E-state index contributed by atoms with van der Waals surface area (Å²) in [5, 5.41) is 2.06. The Morgan fingerprint density at radius 1 is 1.88 bits per heavy atom. The molecule has 0 radical (unpaired) electrons. The van der Waals surface area contributed by atoms with Gasteiger partial charge in [-0.3, -0.25) is 0 Å². The molecule has 4 heteroatoms. The molecule has 0 aromatic heterocycles. The van der Waals surface area contributed by atoms with Crippen molar-refractivity contribution in [2.75, 3.05) is 7.05 Å². The summed E-state index contributed by atoms with van der Waals surface area (Å²) in [5.74, 6) is 0. The summed E-state index contributed by atoms with van der Waals surface area (Å²) in [7, 11) is 1.43. The average molecular weight is 136 g/mol. The van der Waals surface area contributed by atoms with Gasteiger partial charge >= 0.3 is 6.09 Å². The van der Waals surface area contributed by atoms with Crippen LogP contribution in [0.2, 0.25) is 0 Å². The van der Waals surface area contributed by atoms with E-state index in [0.29, 0.717) is 0 Å². The number of hydrogen-bond acceptors (Lipinski definition) is 2. The highest BCUT2D eigenvalue weighted by Crippen LogP contribution is 1.97. The van der Waals surface area contributed by atoms with E-state index >= 15 is 0 Å². The Labute approximate surface area is 52.3 Å². The van der Waals surface area contributed by atoms with Crippen molar-refractivity contribution in [1.82, 2.24) is 5.32 Å². The Balaban J connectivity index is 3.40. The van der Waals surface area contributed by atoms with E-state index in [4.69, 9.17) is 11.6 Å². The molecule has 0 saturated carbocycles. The molecular formula is C4H6ClNO2. The van der Waals surface area contributed by atoms with Crippen molar-refractivity contribution in [1.29, 1.82) is 0 Å². The standard InChI is InChI=1S/C4H6ClNO2/c1-3(5)8-4(7)6-2/h1H2,2H3,(H,6,7). The topological polar surface area (TPSA) is 38.3 Å². The molecule has 0 aromatic carbocycles. The zero-order valence-corrected chi connectivity index (χ0v) is 5.16. The fourth-order valence-corrected chi connectivity index (χ4v) is 0.222. The molecule has 0 unspecified atom stereocenters. The normalized spacial score (nSPS) is 7.75. The highest BCUT2D eigenvalue weighted by Gasteiger charge is 1.95. The van der Waals surface area contributed by atoms with Crippen LogP contribution < -0.4 is 5.32 Å². The lowest BCUT2D eigenvalue weighted by Gasteiger charge is -1.96. The number of ether oxygens (including phenoxy) is 1. The second kappa shape index (κ2) is 3.32. The highest BCUT2D eigenvalue weighted by atomic mass is 35.5. The smallest absolute Gasteiger partial charge is 0.399 e. The van der Waals surface area contributed by atoms with Crippen LogP contribution in [0, 0.1) is 0 Å². The van der Waals surface area contributed by atoms with Crippen LogP contribution in [0.25, 0.3) is 0 Å². The summed E-state index contributed by atoms with van der Waals surface area (Å²) >= 11 is 5.07. The molecule has 0 saturated heterocycles. The average Bonchev–Trinajstić information content (AvgIpc) is 1.65. The lowest BCUT2D eigenvalue weighted by molar-refractivity contribution is 0.185. The molecule has 8 heavy (non-hydrogen) atoms. The third-order valence-corrected chi connectivity index (χ3v) is 0.485. The van der Waals surface area contributed by atoms with E-state index in [0.717, 1.165) is 0 Å². The van der Waals surface area contributed by atoms with Gasteiger partial charge < -0.3 is 10.1 Å². The molecule has 1 amide bonds. The first-order valence-electron chi connectivity index (χ1n) is 1.90. The third kappa shape index (κ3) is 3.49. The second-order valence-electron chi connectivity index (χ2n) is 0.995. The zero-order valence-electron chi connectivity index (χ0n) is 4.40. The Morgan fingerprint density at radius 3 is 2.50 bits per heavy atom. The first kappa shape index (κ1) is 7.30. The van der Waals surface area contributed by atoms with Gasteiger partial charge in [-0.05, 0) is 18.2 Å². The van der Waals surface area contributed by atoms with Gasteiger partial charge in [0, 0.05) is 7.05 Å². The molecule has 0 aliphatic heterocycles. The number of amides is 1. The number of nitrogens with one attached hydrogen (secondary N) is 1. The van der Waals surface area contributed by atoms with E-state index in [2.05, 4.69) is 16.6 Å². The molecule has 0 heterocycles. The molecule has 0 rings (SSSR count). The molecule has 0 aliphatic carbocycles. The van der Waals surface area contributed by atoms with Crippen LogP contribution in [0.5, 0.6) is 0 Å². The molecular weight excluding hydrogens is 130 g/mol. The van der Waals surface area contributed by atoms with Gasteiger partial charge in [0.2, 0.25) is 0 Å². The number of rotatable bonds is 1. The maximum atomic E-state index is 10.1. The maximum absolute atomic E-state index is 10.1. The molecule has 0 fully saturated rings. The van der Waals surface area contributed by atoms with Crippen molar-refractivity contribution in [3.05, 3.63) is 11.8 Å². The second-order valence-corrected chi connectivity index (χ2v) is 1.42. The Morgan fingerprint density at radius 2 is 2.38 bits per heavy atom. The van der Waals surface area contributed by atoms with Crippen molar-refractivity contribution in [2.45, 2.75) is 0 Å². The first-order chi connectivity index (χ1) is 3.66. The van der Waals surface area contributed by atoms with Crippen LogP contribution in [0.15, 0.2) is 11.8 Å². The minimum Gasteiger partial charge on any atom is -0.399 e. The molecule has 0 bridgehead atoms. The minimum atomic E-state index is -0.606. The lowest BCUT2D eigenvalue weighted by Crippen LogP contribution is -2.17. The summed E-state index contributed by atoms with van der Waals surface area (Å²) in [5.41, 5.74) is 0. The summed E-state index contributed by atoms with van der Waals surface area (Å²) in [6.45, 7) is 3.13. The SMILES string of the molecule is C=C(Cl)OC(=O)NC. The van der Waals surface area contributed by atoms with Gasteiger partial charge in [0.05, 0.1) is 0 Å². The molecule has 0 spiro atoms. The van der Waals surface area contributed by atoms with Crippen LogP contribution in [-0.2, 0) is 4.74 Å². The van der Waals surface area contributed by atoms with E-state index in [1.165, 1.54) is 7.05 Å². The van der Waals surface area contributed by atoms with Crippen LogP contribution in [0.4, 0.5) is 4.79 Å². The predicted octanol–water partition coefficient (Wildman–Crippen LogP) is 1.05. The number of alkyl carbamates (subject to hydrolysis) is 1. The number of carbonyl (C=O) groups is 1. The third-order valence-electron chi connectivity index (χ3n) is 0.408. The summed E-state index contributed by atoms with van der Waals surface area (Å²) in [6, 6.07) is 0. The summed E-state index contributed by atoms with van der Waals surface area (Å²) < 4.78 is 4.22. The highest BCUT2D eigenvalue weighted by molar-refractivity contribution is 6.28. The van der Waals surface area contributed by atoms with Gasteiger partial charge in [0.15, 0.2) is 5.22 Å². The Kier molecular flexibility index (Phi) is 3.03. The molecule has 46 valence electrons. The molecule has 0 aromatic rings. The monoisotopic (exact) mass is 135 g/mol. The quantitative estimate of drug-likeness (QED) is 0.546. The van der Waals surface area contributed by atoms with Crippen LogP contribution >= 0.6 is 11.6 Å². The molecule has 0 atom stereocenters. The Hall–Kier alpha value is -0.700. The number of hydrogen-bond donors (Lipinski definition) is 1. The maximum Gasteiger partial charge on any atom is 0.413 e. The lowest BCUT2D eigenvalue weighted by atomic mass is 11.0. The van der Waals surface area contributed by atoms with Gasteiger partial charge in [-0.1, -0.05) is 0 Å². The first-order valence-corrected chi connectivity index (χ1v) is 2.28. The van der Waals surface area contributed by atoms with E-state index in [9.17, 15) is 4.79 Å². The van der Waals surface area contributed by atoms with Gasteiger partial charge in [0.1, 0.15) is 0 Å². The minimum absolute atomic E-state index is 0.135. The van der Waals surface area contributed by atoms with Crippen LogP contribution in [0.1, 0.15) is 0 Å². The van der Waals surface area contributed by atoms with Gasteiger partial charge in [-0.15, -0.1) is 0 Å². The number of halogens is 1. The van der Waals surface area contributed by atoms with E-state index in [-0.39, 0.29) is 5.22 Å². The van der Waals surface area contributed by atoms with E-state index < -0.39 is 6.09 Å². The van der Waals surface area contributed by atoms with Crippen molar-refractivity contribution in [3.63, 3.8) is 0 Å². The van der Waals surface area contributed by atoms with Crippen molar-refractivity contribution in [3.8, 4) is 0 Å². The van der Waals surface area contributed by atoms with Crippen molar-refractivity contribution in [2.24, 2.45) is 0 Å². The van der Waals surface area contributed by atoms with Gasteiger partial charge in [-0.2, -0.15) is 0 Å². The zero-order chi connectivity index (χ0) is 6.57. The van der Waals surface area contributed by atoms with Crippen LogP contribution in [-0.4, -0.2) is 13.1 Å². The fourth-order valence-electron chi connectivity index (χ4n) is 0.152. The summed E-state index contributed by atoms with van der Waals surface area (Å²) in [6.07, 6.45) is -0.606.